The lowest BCUT2D eigenvalue weighted by Gasteiger charge is -2.22. The van der Waals surface area contributed by atoms with Crippen LogP contribution in [0.5, 0.6) is 0 Å². The van der Waals surface area contributed by atoms with Gasteiger partial charge in [0, 0.05) is 24.7 Å². The molecule has 0 saturated carbocycles. The predicted octanol–water partition coefficient (Wildman–Crippen LogP) is 4.61. The number of nitrogens with zero attached hydrogens (tertiary/aromatic N) is 1. The molecule has 1 amide bonds. The van der Waals surface area contributed by atoms with E-state index in [0.717, 1.165) is 23.3 Å². The van der Waals surface area contributed by atoms with Gasteiger partial charge in [0.25, 0.3) is 0 Å². The maximum absolute atomic E-state index is 13.0. The van der Waals surface area contributed by atoms with Crippen molar-refractivity contribution in [2.75, 3.05) is 18.4 Å². The molecule has 1 unspecified atom stereocenters. The van der Waals surface area contributed by atoms with E-state index in [9.17, 15) is 18.0 Å². The second kappa shape index (κ2) is 7.47. The average Bonchev–Trinajstić information content (AvgIpc) is 3.05. The van der Waals surface area contributed by atoms with Crippen LogP contribution < -0.4 is 5.32 Å². The number of aryl methyl sites for hydroxylation is 1. The molecular formula is C21H21F3N2O. The molecule has 1 aliphatic rings. The number of likely N-dealkylation sites (tertiary alicyclic amines) is 1. The van der Waals surface area contributed by atoms with Gasteiger partial charge in [-0.25, -0.2) is 0 Å². The van der Waals surface area contributed by atoms with Crippen LogP contribution in [0.3, 0.4) is 0 Å². The van der Waals surface area contributed by atoms with E-state index in [4.69, 9.17) is 0 Å². The molecule has 1 fully saturated rings. The fourth-order valence-electron chi connectivity index (χ4n) is 3.41. The molecule has 0 spiro atoms. The fourth-order valence-corrected chi connectivity index (χ4v) is 3.41. The molecule has 142 valence electrons. The monoisotopic (exact) mass is 374 g/mol. The third kappa shape index (κ3) is 4.32. The second-order valence-electron chi connectivity index (χ2n) is 6.79. The molecule has 2 aromatic carbocycles. The zero-order chi connectivity index (χ0) is 19.6. The highest BCUT2D eigenvalue weighted by molar-refractivity contribution is 5.87. The van der Waals surface area contributed by atoms with Crippen molar-refractivity contribution in [3.05, 3.63) is 77.9 Å². The molecule has 1 heterocycles. The maximum Gasteiger partial charge on any atom is 0.416 e. The first-order valence-electron chi connectivity index (χ1n) is 8.69. The van der Waals surface area contributed by atoms with Gasteiger partial charge in [0.15, 0.2) is 0 Å². The van der Waals surface area contributed by atoms with Gasteiger partial charge in [-0.3, -0.25) is 4.79 Å². The first kappa shape index (κ1) is 19.0. The largest absolute Gasteiger partial charge is 0.416 e. The summed E-state index contributed by atoms with van der Waals surface area (Å²) in [5.41, 5.74) is 1.86. The molecule has 1 aliphatic heterocycles. The summed E-state index contributed by atoms with van der Waals surface area (Å²) >= 11 is 0. The number of nitrogens with one attached hydrogen (secondary N) is 1. The predicted molar refractivity (Wildman–Crippen MR) is 99.6 cm³/mol. The quantitative estimate of drug-likeness (QED) is 0.793. The van der Waals surface area contributed by atoms with Gasteiger partial charge in [0.2, 0.25) is 5.91 Å². The topological polar surface area (TPSA) is 32.3 Å². The van der Waals surface area contributed by atoms with Gasteiger partial charge in [-0.2, -0.15) is 13.2 Å². The first-order valence-corrected chi connectivity index (χ1v) is 8.69. The lowest BCUT2D eigenvalue weighted by atomic mass is 9.93. The molecule has 3 nitrogen and oxygen atoms in total. The van der Waals surface area contributed by atoms with Crippen molar-refractivity contribution in [1.29, 1.82) is 0 Å². The van der Waals surface area contributed by atoms with E-state index in [1.807, 2.05) is 31.2 Å². The number of benzene rings is 2. The van der Waals surface area contributed by atoms with Crippen LogP contribution >= 0.6 is 0 Å². The third-order valence-corrected chi connectivity index (χ3v) is 4.85. The van der Waals surface area contributed by atoms with Crippen LogP contribution in [0.15, 0.2) is 61.2 Å². The highest BCUT2D eigenvalue weighted by Gasteiger charge is 2.36. The Kier molecular flexibility index (Phi) is 5.26. The summed E-state index contributed by atoms with van der Waals surface area (Å²) in [5, 5.41) is 3.20. The summed E-state index contributed by atoms with van der Waals surface area (Å²) in [4.78, 5) is 13.7. The SMILES string of the molecule is C=CC(=O)N1CC(c2ccc(C)cc2)[C@H](Nc2cccc(C(F)(F)F)c2)C1. The van der Waals surface area contributed by atoms with Crippen LogP contribution in [0, 0.1) is 6.92 Å². The Labute approximate surface area is 156 Å². The maximum atomic E-state index is 13.0. The van der Waals surface area contributed by atoms with Gasteiger partial charge in [0.1, 0.15) is 0 Å². The average molecular weight is 374 g/mol. The van der Waals surface area contributed by atoms with Crippen molar-refractivity contribution in [2.45, 2.75) is 25.1 Å². The molecule has 0 bridgehead atoms. The number of anilines is 1. The van der Waals surface area contributed by atoms with E-state index in [1.165, 1.54) is 12.1 Å². The minimum absolute atomic E-state index is 0.0240. The minimum atomic E-state index is -4.39. The molecule has 0 radical (unpaired) electrons. The molecule has 0 aliphatic carbocycles. The lowest BCUT2D eigenvalue weighted by molar-refractivity contribution is -0.137. The van der Waals surface area contributed by atoms with Crippen molar-refractivity contribution >= 4 is 11.6 Å². The minimum Gasteiger partial charge on any atom is -0.380 e. The van der Waals surface area contributed by atoms with Gasteiger partial charge in [-0.05, 0) is 36.8 Å². The number of hydrogen-bond acceptors (Lipinski definition) is 2. The van der Waals surface area contributed by atoms with Gasteiger partial charge in [-0.1, -0.05) is 42.5 Å². The van der Waals surface area contributed by atoms with Gasteiger partial charge < -0.3 is 10.2 Å². The number of alkyl halides is 3. The molecule has 0 aromatic heterocycles. The summed E-state index contributed by atoms with van der Waals surface area (Å²) in [6.45, 7) is 6.41. The summed E-state index contributed by atoms with van der Waals surface area (Å²) < 4.78 is 38.9. The third-order valence-electron chi connectivity index (χ3n) is 4.85. The Balaban J connectivity index is 1.87. The first-order chi connectivity index (χ1) is 12.8. The molecule has 1 N–H and O–H groups in total. The number of carbonyl (C=O) groups is 1. The normalized spacial score (nSPS) is 19.8. The van der Waals surface area contributed by atoms with Crippen LogP contribution in [0.25, 0.3) is 0 Å². The fraction of sp³-hybridized carbons (Fsp3) is 0.286. The highest BCUT2D eigenvalue weighted by Crippen LogP contribution is 2.33. The van der Waals surface area contributed by atoms with Crippen LogP contribution in [-0.4, -0.2) is 29.9 Å². The molecular weight excluding hydrogens is 353 g/mol. The van der Waals surface area contributed by atoms with Crippen molar-refractivity contribution in [1.82, 2.24) is 4.90 Å². The van der Waals surface area contributed by atoms with E-state index in [1.54, 1.807) is 11.0 Å². The van der Waals surface area contributed by atoms with Gasteiger partial charge >= 0.3 is 6.18 Å². The smallest absolute Gasteiger partial charge is 0.380 e. The number of carbonyl (C=O) groups excluding carboxylic acids is 1. The summed E-state index contributed by atoms with van der Waals surface area (Å²) in [5.74, 6) is -0.204. The summed E-state index contributed by atoms with van der Waals surface area (Å²) in [7, 11) is 0. The zero-order valence-corrected chi connectivity index (χ0v) is 15.0. The Morgan fingerprint density at radius 3 is 2.52 bits per heavy atom. The van der Waals surface area contributed by atoms with E-state index in [0.29, 0.717) is 18.8 Å². The van der Waals surface area contributed by atoms with Crippen molar-refractivity contribution < 1.29 is 18.0 Å². The number of halogens is 3. The van der Waals surface area contributed by atoms with E-state index in [2.05, 4.69) is 11.9 Å². The van der Waals surface area contributed by atoms with Crippen LogP contribution in [0.4, 0.5) is 18.9 Å². The van der Waals surface area contributed by atoms with E-state index >= 15 is 0 Å². The molecule has 6 heteroatoms. The lowest BCUT2D eigenvalue weighted by Crippen LogP contribution is -2.30. The summed E-state index contributed by atoms with van der Waals surface area (Å²) in [6, 6.07) is 12.9. The standard InChI is InChI=1S/C21H21F3N2O/c1-3-20(27)26-12-18(15-9-7-14(2)8-10-15)19(13-26)25-17-6-4-5-16(11-17)21(22,23)24/h3-11,18-19,25H,1,12-13H2,2H3/t18?,19-/m1/s1. The summed E-state index contributed by atoms with van der Waals surface area (Å²) in [6.07, 6.45) is -3.13. The molecule has 2 aromatic rings. The molecule has 27 heavy (non-hydrogen) atoms. The number of amides is 1. The second-order valence-corrected chi connectivity index (χ2v) is 6.79. The van der Waals surface area contributed by atoms with Crippen molar-refractivity contribution in [2.24, 2.45) is 0 Å². The van der Waals surface area contributed by atoms with Gasteiger partial charge in [-0.15, -0.1) is 0 Å². The number of rotatable bonds is 4. The van der Waals surface area contributed by atoms with E-state index < -0.39 is 11.7 Å². The van der Waals surface area contributed by atoms with Crippen molar-refractivity contribution in [3.63, 3.8) is 0 Å². The van der Waals surface area contributed by atoms with Crippen LogP contribution in [0.1, 0.15) is 22.6 Å². The Bertz CT molecular complexity index is 830. The molecule has 1 saturated heterocycles. The number of hydrogen-bond donors (Lipinski definition) is 1. The van der Waals surface area contributed by atoms with Crippen LogP contribution in [-0.2, 0) is 11.0 Å². The molecule has 2 atom stereocenters. The van der Waals surface area contributed by atoms with Gasteiger partial charge in [0.05, 0.1) is 11.6 Å². The van der Waals surface area contributed by atoms with E-state index in [-0.39, 0.29) is 17.9 Å². The Morgan fingerprint density at radius 2 is 1.89 bits per heavy atom. The Morgan fingerprint density at radius 1 is 1.19 bits per heavy atom. The molecule has 3 rings (SSSR count). The Hall–Kier alpha value is -2.76. The van der Waals surface area contributed by atoms with Crippen molar-refractivity contribution in [3.8, 4) is 0 Å². The van der Waals surface area contributed by atoms with Crippen LogP contribution in [0.2, 0.25) is 0 Å². The zero-order valence-electron chi connectivity index (χ0n) is 15.0. The highest BCUT2D eigenvalue weighted by atomic mass is 19.4.